The summed E-state index contributed by atoms with van der Waals surface area (Å²) in [6, 6.07) is 11.9. The van der Waals surface area contributed by atoms with Gasteiger partial charge in [0, 0.05) is 17.8 Å². The van der Waals surface area contributed by atoms with E-state index in [0.717, 1.165) is 35.7 Å². The number of ether oxygens (including phenoxy) is 1. The number of para-hydroxylation sites is 2. The lowest BCUT2D eigenvalue weighted by Crippen LogP contribution is -2.21. The molecule has 0 fully saturated rings. The molecule has 2 rings (SSSR count). The fraction of sp³-hybridized carbons (Fsp3) is 0.238. The van der Waals surface area contributed by atoms with Gasteiger partial charge in [0.1, 0.15) is 0 Å². The van der Waals surface area contributed by atoms with Gasteiger partial charge in [-0.25, -0.2) is 4.79 Å². The van der Waals surface area contributed by atoms with Crippen molar-refractivity contribution in [2.45, 2.75) is 26.7 Å². The topological polar surface area (TPSA) is 98.5 Å². The van der Waals surface area contributed by atoms with Gasteiger partial charge in [0.15, 0.2) is 6.61 Å². The number of anilines is 1. The molecule has 0 bridgehead atoms. The number of nitro groups is 1. The third-order valence-corrected chi connectivity index (χ3v) is 4.14. The lowest BCUT2D eigenvalue weighted by Gasteiger charge is -2.14. The van der Waals surface area contributed by atoms with Crippen molar-refractivity contribution in [3.05, 3.63) is 75.3 Å². The second-order valence-electron chi connectivity index (χ2n) is 5.96. The number of hydrogen-bond donors (Lipinski definition) is 1. The van der Waals surface area contributed by atoms with Gasteiger partial charge < -0.3 is 10.1 Å². The Bertz CT molecular complexity index is 883. The normalized spacial score (nSPS) is 10.6. The zero-order valence-corrected chi connectivity index (χ0v) is 15.8. The van der Waals surface area contributed by atoms with Crippen LogP contribution in [0, 0.1) is 10.1 Å². The first-order valence-corrected chi connectivity index (χ1v) is 8.95. The van der Waals surface area contributed by atoms with Crippen LogP contribution in [-0.4, -0.2) is 23.4 Å². The molecular formula is C21H22N2O5. The number of benzene rings is 2. The first-order chi connectivity index (χ1) is 13.5. The van der Waals surface area contributed by atoms with Crippen molar-refractivity contribution in [1.29, 1.82) is 0 Å². The average Bonchev–Trinajstić information content (AvgIpc) is 2.70. The highest BCUT2D eigenvalue weighted by Gasteiger charge is 2.12. The van der Waals surface area contributed by atoms with Gasteiger partial charge in [0.05, 0.1) is 10.5 Å². The van der Waals surface area contributed by atoms with E-state index in [-0.39, 0.29) is 11.3 Å². The van der Waals surface area contributed by atoms with E-state index >= 15 is 0 Å². The molecule has 0 aliphatic heterocycles. The first kappa shape index (κ1) is 20.8. The summed E-state index contributed by atoms with van der Waals surface area (Å²) in [5.74, 6) is -1.20. The monoisotopic (exact) mass is 382 g/mol. The van der Waals surface area contributed by atoms with Gasteiger partial charge >= 0.3 is 5.97 Å². The summed E-state index contributed by atoms with van der Waals surface area (Å²) in [6.45, 7) is 3.55. The molecule has 28 heavy (non-hydrogen) atoms. The van der Waals surface area contributed by atoms with E-state index in [2.05, 4.69) is 5.32 Å². The van der Waals surface area contributed by atoms with Crippen molar-refractivity contribution in [2.75, 3.05) is 11.9 Å². The predicted molar refractivity (Wildman–Crippen MR) is 107 cm³/mol. The predicted octanol–water partition coefficient (Wildman–Crippen LogP) is 3.91. The zero-order valence-electron chi connectivity index (χ0n) is 15.8. The first-order valence-electron chi connectivity index (χ1n) is 8.95. The molecule has 0 aromatic heterocycles. The third kappa shape index (κ3) is 5.51. The highest BCUT2D eigenvalue weighted by atomic mass is 16.6. The molecular weight excluding hydrogens is 360 g/mol. The van der Waals surface area contributed by atoms with Gasteiger partial charge in [-0.2, -0.15) is 0 Å². The fourth-order valence-corrected chi connectivity index (χ4v) is 2.72. The molecule has 7 nitrogen and oxygen atoms in total. The summed E-state index contributed by atoms with van der Waals surface area (Å²) in [4.78, 5) is 34.4. The van der Waals surface area contributed by atoms with E-state index in [4.69, 9.17) is 4.74 Å². The number of carbonyl (C=O) groups is 2. The van der Waals surface area contributed by atoms with Crippen LogP contribution in [0.1, 0.15) is 30.5 Å². The number of amides is 1. The van der Waals surface area contributed by atoms with Gasteiger partial charge in [-0.15, -0.1) is 0 Å². The van der Waals surface area contributed by atoms with Crippen molar-refractivity contribution >= 4 is 29.3 Å². The number of aryl methyl sites for hydroxylation is 2. The molecule has 146 valence electrons. The quantitative estimate of drug-likeness (QED) is 0.323. The van der Waals surface area contributed by atoms with E-state index in [1.807, 2.05) is 32.0 Å². The van der Waals surface area contributed by atoms with Crippen molar-refractivity contribution < 1.29 is 19.2 Å². The maximum Gasteiger partial charge on any atom is 0.331 e. The van der Waals surface area contributed by atoms with E-state index < -0.39 is 23.4 Å². The van der Waals surface area contributed by atoms with Gasteiger partial charge in [0.2, 0.25) is 0 Å². The van der Waals surface area contributed by atoms with E-state index in [0.29, 0.717) is 0 Å². The second kappa shape index (κ2) is 10.0. The Hall–Kier alpha value is -3.48. The number of carbonyl (C=O) groups excluding carboxylic acids is 2. The molecule has 1 N–H and O–H groups in total. The Morgan fingerprint density at radius 3 is 2.32 bits per heavy atom. The molecule has 0 radical (unpaired) electrons. The SMILES string of the molecule is CCc1cccc(CC)c1NC(=O)COC(=O)/C=C/c1ccccc1[N+](=O)[O-]. The fourth-order valence-electron chi connectivity index (χ4n) is 2.72. The lowest BCUT2D eigenvalue weighted by molar-refractivity contribution is -0.385. The molecule has 0 saturated carbocycles. The lowest BCUT2D eigenvalue weighted by atomic mass is 10.0. The maximum atomic E-state index is 12.2. The molecule has 0 atom stereocenters. The standard InChI is InChI=1S/C21H22N2O5/c1-3-15-9-7-10-16(4-2)21(15)22-19(24)14-28-20(25)13-12-17-8-5-6-11-18(17)23(26)27/h5-13H,3-4,14H2,1-2H3,(H,22,24)/b13-12+. The molecule has 0 aliphatic rings. The van der Waals surface area contributed by atoms with Crippen LogP contribution >= 0.6 is 0 Å². The van der Waals surface area contributed by atoms with Crippen molar-refractivity contribution in [3.63, 3.8) is 0 Å². The molecule has 2 aromatic rings. The van der Waals surface area contributed by atoms with Crippen LogP contribution < -0.4 is 5.32 Å². The molecule has 2 aromatic carbocycles. The van der Waals surface area contributed by atoms with Crippen molar-refractivity contribution in [2.24, 2.45) is 0 Å². The Kier molecular flexibility index (Phi) is 7.45. The van der Waals surface area contributed by atoms with Gasteiger partial charge in [-0.3, -0.25) is 14.9 Å². The van der Waals surface area contributed by atoms with Crippen LogP contribution in [0.15, 0.2) is 48.5 Å². The minimum atomic E-state index is -0.757. The Morgan fingerprint density at radius 2 is 1.71 bits per heavy atom. The van der Waals surface area contributed by atoms with E-state index in [9.17, 15) is 19.7 Å². The number of nitrogens with zero attached hydrogens (tertiary/aromatic N) is 1. The molecule has 0 aliphatic carbocycles. The molecule has 0 saturated heterocycles. The summed E-state index contributed by atoms with van der Waals surface area (Å²) in [7, 11) is 0. The minimum Gasteiger partial charge on any atom is -0.452 e. The number of rotatable bonds is 8. The van der Waals surface area contributed by atoms with Crippen LogP contribution in [0.3, 0.4) is 0 Å². The molecule has 1 amide bonds. The maximum absolute atomic E-state index is 12.2. The average molecular weight is 382 g/mol. The zero-order chi connectivity index (χ0) is 20.5. The van der Waals surface area contributed by atoms with E-state index in [1.165, 1.54) is 24.3 Å². The Morgan fingerprint density at radius 1 is 1.07 bits per heavy atom. The number of nitrogens with one attached hydrogen (secondary N) is 1. The summed E-state index contributed by atoms with van der Waals surface area (Å²) in [5, 5.41) is 13.8. The Labute approximate surface area is 163 Å². The number of esters is 1. The van der Waals surface area contributed by atoms with Gasteiger partial charge in [0.25, 0.3) is 11.6 Å². The smallest absolute Gasteiger partial charge is 0.331 e. The third-order valence-electron chi connectivity index (χ3n) is 4.14. The summed E-state index contributed by atoms with van der Waals surface area (Å²) < 4.78 is 4.94. The van der Waals surface area contributed by atoms with Crippen LogP contribution in [0.5, 0.6) is 0 Å². The minimum absolute atomic E-state index is 0.118. The second-order valence-corrected chi connectivity index (χ2v) is 5.96. The number of hydrogen-bond acceptors (Lipinski definition) is 5. The van der Waals surface area contributed by atoms with Crippen LogP contribution in [0.4, 0.5) is 11.4 Å². The summed E-state index contributed by atoms with van der Waals surface area (Å²) >= 11 is 0. The molecule has 7 heteroatoms. The van der Waals surface area contributed by atoms with Crippen LogP contribution in [0.2, 0.25) is 0 Å². The van der Waals surface area contributed by atoms with E-state index in [1.54, 1.807) is 6.07 Å². The van der Waals surface area contributed by atoms with Crippen LogP contribution in [-0.2, 0) is 27.2 Å². The molecule has 0 heterocycles. The van der Waals surface area contributed by atoms with Crippen molar-refractivity contribution in [3.8, 4) is 0 Å². The van der Waals surface area contributed by atoms with Gasteiger partial charge in [-0.1, -0.05) is 44.2 Å². The molecule has 0 unspecified atom stereocenters. The van der Waals surface area contributed by atoms with Gasteiger partial charge in [-0.05, 0) is 36.1 Å². The number of nitro benzene ring substituents is 1. The Balaban J connectivity index is 1.97. The largest absolute Gasteiger partial charge is 0.452 e. The highest BCUT2D eigenvalue weighted by molar-refractivity contribution is 5.95. The highest BCUT2D eigenvalue weighted by Crippen LogP contribution is 2.22. The molecule has 0 spiro atoms. The summed E-state index contributed by atoms with van der Waals surface area (Å²) in [6.07, 6.45) is 3.89. The van der Waals surface area contributed by atoms with Crippen LogP contribution in [0.25, 0.3) is 6.08 Å². The van der Waals surface area contributed by atoms with Crippen molar-refractivity contribution in [1.82, 2.24) is 0 Å². The summed E-state index contributed by atoms with van der Waals surface area (Å²) in [5.41, 5.74) is 2.93.